The van der Waals surface area contributed by atoms with E-state index in [-0.39, 0.29) is 4.90 Å². The fourth-order valence-corrected chi connectivity index (χ4v) is 3.03. The summed E-state index contributed by atoms with van der Waals surface area (Å²) in [6.07, 6.45) is 0. The molecule has 5 nitrogen and oxygen atoms in total. The molecule has 0 amide bonds. The van der Waals surface area contributed by atoms with Crippen molar-refractivity contribution in [2.24, 2.45) is 0 Å². The Morgan fingerprint density at radius 2 is 1.55 bits per heavy atom. The summed E-state index contributed by atoms with van der Waals surface area (Å²) in [4.78, 5) is -0.123. The summed E-state index contributed by atoms with van der Waals surface area (Å²) in [5.41, 5.74) is -0.811. The molecule has 0 atom stereocenters. The first-order chi connectivity index (χ1) is 9.87. The van der Waals surface area contributed by atoms with E-state index < -0.39 is 34.2 Å². The van der Waals surface area contributed by atoms with E-state index in [4.69, 9.17) is 9.31 Å². The molecule has 1 aliphatic rings. The molecule has 0 radical (unpaired) electrons. The van der Waals surface area contributed by atoms with Crippen LogP contribution in [-0.4, -0.2) is 45.1 Å². The number of benzene rings is 1. The Morgan fingerprint density at radius 3 is 2.00 bits per heavy atom. The highest BCUT2D eigenvalue weighted by Crippen LogP contribution is 2.36. The summed E-state index contributed by atoms with van der Waals surface area (Å²) in [6.45, 7) is 7.51. The van der Waals surface area contributed by atoms with Gasteiger partial charge in [0.15, 0.2) is 0 Å². The van der Waals surface area contributed by atoms with Crippen LogP contribution in [0.15, 0.2) is 23.1 Å². The van der Waals surface area contributed by atoms with Gasteiger partial charge >= 0.3 is 7.12 Å². The van der Waals surface area contributed by atoms with Gasteiger partial charge in [0.05, 0.1) is 16.1 Å². The second-order valence-corrected chi connectivity index (χ2v) is 8.75. The second kappa shape index (κ2) is 5.30. The Labute approximate surface area is 131 Å². The molecule has 122 valence electrons. The van der Waals surface area contributed by atoms with Gasteiger partial charge in [-0.1, -0.05) is 0 Å². The van der Waals surface area contributed by atoms with Crippen LogP contribution >= 0.6 is 0 Å². The highest BCUT2D eigenvalue weighted by atomic mass is 32.2. The van der Waals surface area contributed by atoms with Crippen LogP contribution in [0.2, 0.25) is 0 Å². The zero-order chi connectivity index (χ0) is 16.9. The molecule has 0 unspecified atom stereocenters. The lowest BCUT2D eigenvalue weighted by atomic mass is 9.79. The molecule has 1 aromatic rings. The van der Waals surface area contributed by atoms with Gasteiger partial charge in [-0.05, 0) is 51.4 Å². The lowest BCUT2D eigenvalue weighted by molar-refractivity contribution is 0.00578. The van der Waals surface area contributed by atoms with E-state index in [1.807, 2.05) is 27.7 Å². The quantitative estimate of drug-likeness (QED) is 0.786. The standard InChI is InChI=1S/C14H21BFNO4S/c1-13(2)14(3,4)21-15(20-13)10-7-11(16)9-12(8-10)22(18,19)17(5)6/h7-9H,1-6H3. The van der Waals surface area contributed by atoms with Crippen molar-refractivity contribution < 1.29 is 22.1 Å². The molecule has 0 saturated carbocycles. The first kappa shape index (κ1) is 17.4. The summed E-state index contributed by atoms with van der Waals surface area (Å²) in [5, 5.41) is 0. The van der Waals surface area contributed by atoms with Crippen LogP contribution in [-0.2, 0) is 19.3 Å². The zero-order valence-corrected chi connectivity index (χ0v) is 14.5. The molecule has 0 aromatic heterocycles. The van der Waals surface area contributed by atoms with Crippen molar-refractivity contribution in [1.82, 2.24) is 4.31 Å². The van der Waals surface area contributed by atoms with Crippen molar-refractivity contribution in [1.29, 1.82) is 0 Å². The van der Waals surface area contributed by atoms with Gasteiger partial charge in [-0.15, -0.1) is 0 Å². The zero-order valence-electron chi connectivity index (χ0n) is 13.7. The molecule has 1 aromatic carbocycles. The number of halogens is 1. The molecule has 8 heteroatoms. The predicted molar refractivity (Wildman–Crippen MR) is 83.0 cm³/mol. The summed E-state index contributed by atoms with van der Waals surface area (Å²) >= 11 is 0. The average Bonchev–Trinajstić information content (AvgIpc) is 2.57. The minimum absolute atomic E-state index is 0.123. The fourth-order valence-electron chi connectivity index (χ4n) is 2.06. The number of sulfonamides is 1. The SMILES string of the molecule is CN(C)S(=O)(=O)c1cc(F)cc(B2OC(C)(C)C(C)(C)O2)c1. The van der Waals surface area contributed by atoms with Crippen molar-refractivity contribution in [3.8, 4) is 0 Å². The van der Waals surface area contributed by atoms with Crippen LogP contribution in [0.3, 0.4) is 0 Å². The lowest BCUT2D eigenvalue weighted by Crippen LogP contribution is -2.41. The second-order valence-electron chi connectivity index (χ2n) is 6.60. The minimum Gasteiger partial charge on any atom is -0.399 e. The van der Waals surface area contributed by atoms with Gasteiger partial charge in [-0.2, -0.15) is 0 Å². The normalized spacial score (nSPS) is 20.6. The summed E-state index contributed by atoms with van der Waals surface area (Å²) in [5.74, 6) is -0.646. The first-order valence-electron chi connectivity index (χ1n) is 6.95. The number of rotatable bonds is 3. The van der Waals surface area contributed by atoms with Crippen LogP contribution < -0.4 is 5.46 Å². The Bertz CT molecular complexity index is 672. The van der Waals surface area contributed by atoms with Gasteiger partial charge < -0.3 is 9.31 Å². The molecule has 0 aliphatic carbocycles. The average molecular weight is 329 g/mol. The molecule has 0 spiro atoms. The van der Waals surface area contributed by atoms with E-state index in [1.54, 1.807) is 0 Å². The lowest BCUT2D eigenvalue weighted by Gasteiger charge is -2.32. The van der Waals surface area contributed by atoms with Crippen molar-refractivity contribution >= 4 is 22.6 Å². The van der Waals surface area contributed by atoms with Gasteiger partial charge in [0, 0.05) is 14.1 Å². The largest absolute Gasteiger partial charge is 0.494 e. The Hall–Kier alpha value is -0.955. The Kier molecular flexibility index (Phi) is 4.19. The molecule has 0 bridgehead atoms. The topological polar surface area (TPSA) is 55.8 Å². The summed E-state index contributed by atoms with van der Waals surface area (Å²) in [7, 11) is -1.74. The smallest absolute Gasteiger partial charge is 0.399 e. The van der Waals surface area contributed by atoms with Crippen LogP contribution in [0, 0.1) is 5.82 Å². The highest BCUT2D eigenvalue weighted by Gasteiger charge is 2.51. The summed E-state index contributed by atoms with van der Waals surface area (Å²) < 4.78 is 50.9. The first-order valence-corrected chi connectivity index (χ1v) is 8.39. The third kappa shape index (κ3) is 2.93. The van der Waals surface area contributed by atoms with Gasteiger partial charge in [-0.25, -0.2) is 17.1 Å². The molecular formula is C14H21BFNO4S. The van der Waals surface area contributed by atoms with Crippen LogP contribution in [0.25, 0.3) is 0 Å². The summed E-state index contributed by atoms with van der Waals surface area (Å²) in [6, 6.07) is 3.61. The molecule has 2 rings (SSSR count). The number of hydrogen-bond acceptors (Lipinski definition) is 4. The predicted octanol–water partition coefficient (Wildman–Crippen LogP) is 1.38. The minimum atomic E-state index is -3.73. The molecule has 1 aliphatic heterocycles. The molecule has 22 heavy (non-hydrogen) atoms. The fraction of sp³-hybridized carbons (Fsp3) is 0.571. The molecule has 1 heterocycles. The van der Waals surface area contributed by atoms with E-state index in [9.17, 15) is 12.8 Å². The van der Waals surface area contributed by atoms with E-state index in [0.717, 1.165) is 10.4 Å². The molecular weight excluding hydrogens is 308 g/mol. The third-order valence-corrected chi connectivity index (χ3v) is 5.99. The van der Waals surface area contributed by atoms with Gasteiger partial charge in [0.2, 0.25) is 10.0 Å². The molecule has 0 N–H and O–H groups in total. The Morgan fingerprint density at radius 1 is 1.05 bits per heavy atom. The van der Waals surface area contributed by atoms with Crippen LogP contribution in [0.5, 0.6) is 0 Å². The van der Waals surface area contributed by atoms with E-state index >= 15 is 0 Å². The third-order valence-electron chi connectivity index (χ3n) is 4.20. The number of nitrogens with zero attached hydrogens (tertiary/aromatic N) is 1. The molecule has 1 saturated heterocycles. The number of hydrogen-bond donors (Lipinski definition) is 0. The van der Waals surface area contributed by atoms with Crippen molar-refractivity contribution in [2.45, 2.75) is 43.8 Å². The highest BCUT2D eigenvalue weighted by molar-refractivity contribution is 7.89. The molecule has 1 fully saturated rings. The van der Waals surface area contributed by atoms with Gasteiger partial charge in [0.1, 0.15) is 5.82 Å². The van der Waals surface area contributed by atoms with Crippen LogP contribution in [0.4, 0.5) is 4.39 Å². The Balaban J connectivity index is 2.45. The maximum Gasteiger partial charge on any atom is 0.494 e. The van der Waals surface area contributed by atoms with Crippen molar-refractivity contribution in [3.63, 3.8) is 0 Å². The maximum absolute atomic E-state index is 13.9. The van der Waals surface area contributed by atoms with E-state index in [1.165, 1.54) is 26.2 Å². The van der Waals surface area contributed by atoms with Gasteiger partial charge in [0.25, 0.3) is 0 Å². The van der Waals surface area contributed by atoms with Crippen LogP contribution in [0.1, 0.15) is 27.7 Å². The monoisotopic (exact) mass is 329 g/mol. The van der Waals surface area contributed by atoms with E-state index in [2.05, 4.69) is 0 Å². The van der Waals surface area contributed by atoms with Gasteiger partial charge in [-0.3, -0.25) is 0 Å². The van der Waals surface area contributed by atoms with Crippen molar-refractivity contribution in [2.75, 3.05) is 14.1 Å². The van der Waals surface area contributed by atoms with Crippen molar-refractivity contribution in [3.05, 3.63) is 24.0 Å². The van der Waals surface area contributed by atoms with E-state index in [0.29, 0.717) is 5.46 Å². The maximum atomic E-state index is 13.9.